The Morgan fingerprint density at radius 2 is 1.81 bits per heavy atom. The molecule has 4 rings (SSSR count). The molecule has 6 nitrogen and oxygen atoms in total. The van der Waals surface area contributed by atoms with Crippen LogP contribution in [0.3, 0.4) is 0 Å². The number of nitrogens with zero attached hydrogens (tertiary/aromatic N) is 2. The van der Waals surface area contributed by atoms with Crippen LogP contribution in [0.4, 0.5) is 4.39 Å². The zero-order valence-corrected chi connectivity index (χ0v) is 20.5. The van der Waals surface area contributed by atoms with Gasteiger partial charge in [-0.25, -0.2) is 13.9 Å². The van der Waals surface area contributed by atoms with Crippen molar-refractivity contribution in [2.24, 2.45) is 0 Å². The lowest BCUT2D eigenvalue weighted by molar-refractivity contribution is -0.121. The normalized spacial score (nSPS) is 10.8. The summed E-state index contributed by atoms with van der Waals surface area (Å²) in [5.41, 5.74) is 4.04. The van der Waals surface area contributed by atoms with Gasteiger partial charge in [0, 0.05) is 30.0 Å². The Morgan fingerprint density at radius 1 is 1.03 bits per heavy atom. The second-order valence-electron chi connectivity index (χ2n) is 8.12. The minimum Gasteiger partial charge on any atom is -0.462 e. The topological polar surface area (TPSA) is 73.2 Å². The molecule has 0 saturated carbocycles. The average molecular weight is 506 g/mol. The molecule has 184 valence electrons. The van der Waals surface area contributed by atoms with Gasteiger partial charge in [0.15, 0.2) is 0 Å². The lowest BCUT2D eigenvalue weighted by Gasteiger charge is -2.09. The summed E-state index contributed by atoms with van der Waals surface area (Å²) in [6.45, 7) is 2.43. The highest BCUT2D eigenvalue weighted by Gasteiger charge is 2.15. The van der Waals surface area contributed by atoms with Crippen molar-refractivity contribution < 1.29 is 18.7 Å². The Morgan fingerprint density at radius 3 is 2.53 bits per heavy atom. The number of carbonyl (C=O) groups is 2. The third kappa shape index (κ3) is 6.37. The van der Waals surface area contributed by atoms with Gasteiger partial charge < -0.3 is 10.1 Å². The first-order valence-electron chi connectivity index (χ1n) is 11.6. The van der Waals surface area contributed by atoms with E-state index in [9.17, 15) is 14.0 Å². The molecule has 1 amide bonds. The van der Waals surface area contributed by atoms with Crippen molar-refractivity contribution in [3.05, 3.63) is 107 Å². The van der Waals surface area contributed by atoms with Crippen LogP contribution in [0.5, 0.6) is 0 Å². The maximum atomic E-state index is 14.0. The van der Waals surface area contributed by atoms with Gasteiger partial charge in [0.05, 0.1) is 29.2 Å². The third-order valence-corrected chi connectivity index (χ3v) is 5.73. The summed E-state index contributed by atoms with van der Waals surface area (Å²) in [5, 5.41) is 8.19. The Hall–Kier alpha value is -3.97. The average Bonchev–Trinajstić information content (AvgIpc) is 3.31. The van der Waals surface area contributed by atoms with Crippen LogP contribution >= 0.6 is 11.6 Å². The number of halogens is 2. The fourth-order valence-corrected chi connectivity index (χ4v) is 3.95. The van der Waals surface area contributed by atoms with Crippen LogP contribution in [-0.2, 0) is 22.5 Å². The van der Waals surface area contributed by atoms with Crippen LogP contribution < -0.4 is 5.32 Å². The SMILES string of the molecule is CCOC(=O)c1ccc(-n2nc(CCC(=O)NCc3cccc(Cl)c3)cc2-c2cccc(F)c2)cc1. The second kappa shape index (κ2) is 11.6. The first-order chi connectivity index (χ1) is 17.4. The van der Waals surface area contributed by atoms with E-state index in [2.05, 4.69) is 10.4 Å². The quantitative estimate of drug-likeness (QED) is 0.294. The standard InChI is InChI=1S/C28H25ClFN3O3/c1-2-36-28(35)20-9-12-25(13-10-20)33-26(21-6-4-8-23(30)16-21)17-24(32-33)11-14-27(34)31-18-19-5-3-7-22(29)15-19/h3-10,12-13,15-17H,2,11,14,18H2,1H3,(H,31,34). The first-order valence-corrected chi connectivity index (χ1v) is 11.9. The predicted molar refractivity (Wildman–Crippen MR) is 137 cm³/mol. The smallest absolute Gasteiger partial charge is 0.338 e. The number of carbonyl (C=O) groups excluding carboxylic acids is 2. The number of amides is 1. The van der Waals surface area contributed by atoms with E-state index in [1.807, 2.05) is 24.3 Å². The molecular formula is C28H25ClFN3O3. The van der Waals surface area contributed by atoms with Crippen LogP contribution in [0.25, 0.3) is 16.9 Å². The van der Waals surface area contributed by atoms with Gasteiger partial charge in [-0.05, 0) is 67.1 Å². The maximum absolute atomic E-state index is 14.0. The number of hydrogen-bond donors (Lipinski definition) is 1. The summed E-state index contributed by atoms with van der Waals surface area (Å²) in [7, 11) is 0. The largest absolute Gasteiger partial charge is 0.462 e. The Kier molecular flexibility index (Phi) is 8.13. The Balaban J connectivity index is 1.52. The highest BCUT2D eigenvalue weighted by Crippen LogP contribution is 2.26. The van der Waals surface area contributed by atoms with E-state index in [-0.39, 0.29) is 18.1 Å². The van der Waals surface area contributed by atoms with Crippen molar-refractivity contribution in [1.29, 1.82) is 0 Å². The van der Waals surface area contributed by atoms with Crippen LogP contribution in [0.15, 0.2) is 78.9 Å². The van der Waals surface area contributed by atoms with Crippen LogP contribution in [0.1, 0.15) is 35.0 Å². The molecule has 0 atom stereocenters. The summed E-state index contributed by atoms with van der Waals surface area (Å²) in [4.78, 5) is 24.4. The molecule has 0 fully saturated rings. The predicted octanol–water partition coefficient (Wildman–Crippen LogP) is 5.76. The lowest BCUT2D eigenvalue weighted by Crippen LogP contribution is -2.23. The van der Waals surface area contributed by atoms with Gasteiger partial charge in [0.1, 0.15) is 5.82 Å². The first kappa shape index (κ1) is 25.1. The fourth-order valence-electron chi connectivity index (χ4n) is 3.73. The monoisotopic (exact) mass is 505 g/mol. The van der Waals surface area contributed by atoms with Crippen molar-refractivity contribution in [2.45, 2.75) is 26.3 Å². The van der Waals surface area contributed by atoms with Crippen molar-refractivity contribution in [3.8, 4) is 16.9 Å². The molecule has 0 aliphatic heterocycles. The van der Waals surface area contributed by atoms with E-state index in [4.69, 9.17) is 16.3 Å². The van der Waals surface area contributed by atoms with Gasteiger partial charge in [-0.1, -0.05) is 35.9 Å². The van der Waals surface area contributed by atoms with Crippen LogP contribution in [-0.4, -0.2) is 28.3 Å². The van der Waals surface area contributed by atoms with Crippen molar-refractivity contribution in [2.75, 3.05) is 6.61 Å². The Labute approximate surface area is 213 Å². The molecule has 0 saturated heterocycles. The van der Waals surface area contributed by atoms with E-state index in [0.717, 1.165) is 5.56 Å². The number of hydrogen-bond acceptors (Lipinski definition) is 4. The highest BCUT2D eigenvalue weighted by molar-refractivity contribution is 6.30. The fraction of sp³-hybridized carbons (Fsp3) is 0.179. The minimum atomic E-state index is -0.403. The molecule has 8 heteroatoms. The van der Waals surface area contributed by atoms with Crippen molar-refractivity contribution in [1.82, 2.24) is 15.1 Å². The third-order valence-electron chi connectivity index (χ3n) is 5.49. The van der Waals surface area contributed by atoms with E-state index < -0.39 is 5.97 Å². The molecule has 1 heterocycles. The molecule has 0 bridgehead atoms. The zero-order chi connectivity index (χ0) is 25.5. The molecular weight excluding hydrogens is 481 g/mol. The molecule has 3 aromatic carbocycles. The van der Waals surface area contributed by atoms with Crippen molar-refractivity contribution in [3.63, 3.8) is 0 Å². The summed E-state index contributed by atoms with van der Waals surface area (Å²) in [6.07, 6.45) is 0.638. The van der Waals surface area contributed by atoms with E-state index >= 15 is 0 Å². The van der Waals surface area contributed by atoms with Gasteiger partial charge in [-0.2, -0.15) is 5.10 Å². The molecule has 1 aromatic heterocycles. The molecule has 0 aliphatic rings. The minimum absolute atomic E-state index is 0.115. The van der Waals surface area contributed by atoms with E-state index in [1.54, 1.807) is 54.1 Å². The number of rotatable bonds is 9. The van der Waals surface area contributed by atoms with Gasteiger partial charge in [0.25, 0.3) is 0 Å². The molecule has 0 unspecified atom stereocenters. The van der Waals surface area contributed by atoms with Gasteiger partial charge in [-0.15, -0.1) is 0 Å². The number of aryl methyl sites for hydroxylation is 1. The maximum Gasteiger partial charge on any atom is 0.338 e. The molecule has 1 N–H and O–H groups in total. The summed E-state index contributed by atoms with van der Waals surface area (Å²) in [6, 6.07) is 22.2. The molecule has 0 spiro atoms. The van der Waals surface area contributed by atoms with E-state index in [1.165, 1.54) is 12.1 Å². The molecule has 4 aromatic rings. The number of esters is 1. The number of nitrogens with one attached hydrogen (secondary N) is 1. The second-order valence-corrected chi connectivity index (χ2v) is 8.55. The molecule has 0 radical (unpaired) electrons. The summed E-state index contributed by atoms with van der Waals surface area (Å²) >= 11 is 6.00. The van der Waals surface area contributed by atoms with E-state index in [0.29, 0.717) is 52.8 Å². The van der Waals surface area contributed by atoms with Crippen LogP contribution in [0, 0.1) is 5.82 Å². The van der Waals surface area contributed by atoms with Gasteiger partial charge in [-0.3, -0.25) is 4.79 Å². The molecule has 36 heavy (non-hydrogen) atoms. The number of benzene rings is 3. The zero-order valence-electron chi connectivity index (χ0n) is 19.7. The summed E-state index contributed by atoms with van der Waals surface area (Å²) < 4.78 is 20.7. The van der Waals surface area contributed by atoms with Gasteiger partial charge >= 0.3 is 5.97 Å². The van der Waals surface area contributed by atoms with Crippen molar-refractivity contribution >= 4 is 23.5 Å². The van der Waals surface area contributed by atoms with Crippen LogP contribution in [0.2, 0.25) is 5.02 Å². The summed E-state index contributed by atoms with van der Waals surface area (Å²) in [5.74, 6) is -0.880. The highest BCUT2D eigenvalue weighted by atomic mass is 35.5. The number of ether oxygens (including phenoxy) is 1. The number of aromatic nitrogens is 2. The lowest BCUT2D eigenvalue weighted by atomic mass is 10.1. The van der Waals surface area contributed by atoms with Gasteiger partial charge in [0.2, 0.25) is 5.91 Å². The Bertz CT molecular complexity index is 1370. The molecule has 0 aliphatic carbocycles.